The lowest BCUT2D eigenvalue weighted by Crippen LogP contribution is -2.41. The first-order chi connectivity index (χ1) is 11.2. The molecule has 0 unspecified atom stereocenters. The quantitative estimate of drug-likeness (QED) is 0.854. The summed E-state index contributed by atoms with van der Waals surface area (Å²) in [5.41, 5.74) is 3.84. The molecule has 23 heavy (non-hydrogen) atoms. The molecule has 3 nitrogen and oxygen atoms in total. The van der Waals surface area contributed by atoms with Crippen LogP contribution in [0.15, 0.2) is 24.3 Å². The van der Waals surface area contributed by atoms with Gasteiger partial charge >= 0.3 is 0 Å². The molecule has 0 spiro atoms. The van der Waals surface area contributed by atoms with Crippen LogP contribution in [0.2, 0.25) is 0 Å². The predicted molar refractivity (Wildman–Crippen MR) is 98.5 cm³/mol. The Labute approximate surface area is 143 Å². The van der Waals surface area contributed by atoms with Gasteiger partial charge in [-0.25, -0.2) is 4.98 Å². The SMILES string of the molecule is CN(C)c1ccc(-c2nc3c(s2)CCN(C2CCC2)CC3)cc1. The monoisotopic (exact) mass is 327 g/mol. The second-order valence-corrected chi connectivity index (χ2v) is 8.03. The van der Waals surface area contributed by atoms with Crippen molar-refractivity contribution in [2.24, 2.45) is 0 Å². The fraction of sp³-hybridized carbons (Fsp3) is 0.526. The second-order valence-electron chi connectivity index (χ2n) is 6.95. The van der Waals surface area contributed by atoms with Gasteiger partial charge < -0.3 is 4.90 Å². The van der Waals surface area contributed by atoms with E-state index >= 15 is 0 Å². The largest absolute Gasteiger partial charge is 0.378 e. The Bertz CT molecular complexity index is 645. The average molecular weight is 327 g/mol. The number of hydrogen-bond acceptors (Lipinski definition) is 4. The molecule has 0 radical (unpaired) electrons. The second kappa shape index (κ2) is 6.25. The minimum absolute atomic E-state index is 0.863. The van der Waals surface area contributed by atoms with Gasteiger partial charge in [0.25, 0.3) is 0 Å². The molecular formula is C19H25N3S. The van der Waals surface area contributed by atoms with Crippen molar-refractivity contribution >= 4 is 17.0 Å². The highest BCUT2D eigenvalue weighted by atomic mass is 32.1. The molecule has 0 atom stereocenters. The molecule has 0 bridgehead atoms. The summed E-state index contributed by atoms with van der Waals surface area (Å²) in [4.78, 5) is 11.3. The van der Waals surface area contributed by atoms with Crippen LogP contribution in [0, 0.1) is 0 Å². The van der Waals surface area contributed by atoms with Crippen LogP contribution < -0.4 is 4.90 Å². The van der Waals surface area contributed by atoms with Crippen molar-refractivity contribution in [3.63, 3.8) is 0 Å². The summed E-state index contributed by atoms with van der Waals surface area (Å²) in [6.07, 6.45) is 6.54. The number of aromatic nitrogens is 1. The van der Waals surface area contributed by atoms with Crippen LogP contribution in [0.5, 0.6) is 0 Å². The van der Waals surface area contributed by atoms with Crippen LogP contribution >= 0.6 is 11.3 Å². The average Bonchev–Trinajstić information content (AvgIpc) is 2.82. The van der Waals surface area contributed by atoms with Gasteiger partial charge in [0, 0.05) is 55.8 Å². The lowest BCUT2D eigenvalue weighted by atomic mass is 9.91. The molecule has 0 saturated heterocycles. The number of nitrogens with zero attached hydrogens (tertiary/aromatic N) is 3. The van der Waals surface area contributed by atoms with E-state index in [4.69, 9.17) is 4.98 Å². The van der Waals surface area contributed by atoms with Crippen LogP contribution in [0.3, 0.4) is 0 Å². The molecule has 2 heterocycles. The van der Waals surface area contributed by atoms with Crippen LogP contribution in [0.1, 0.15) is 29.8 Å². The molecule has 4 rings (SSSR count). The van der Waals surface area contributed by atoms with E-state index in [0.717, 1.165) is 12.5 Å². The van der Waals surface area contributed by atoms with Crippen molar-refractivity contribution < 1.29 is 0 Å². The Morgan fingerprint density at radius 3 is 2.48 bits per heavy atom. The molecule has 122 valence electrons. The van der Waals surface area contributed by atoms with Gasteiger partial charge in [0.2, 0.25) is 0 Å². The zero-order valence-corrected chi connectivity index (χ0v) is 14.9. The lowest BCUT2D eigenvalue weighted by molar-refractivity contribution is 0.133. The van der Waals surface area contributed by atoms with Crippen molar-refractivity contribution in [1.82, 2.24) is 9.88 Å². The Kier molecular flexibility index (Phi) is 4.12. The van der Waals surface area contributed by atoms with Crippen molar-refractivity contribution in [1.29, 1.82) is 0 Å². The van der Waals surface area contributed by atoms with Gasteiger partial charge in [-0.1, -0.05) is 6.42 Å². The summed E-state index contributed by atoms with van der Waals surface area (Å²) in [5, 5.41) is 1.19. The van der Waals surface area contributed by atoms with E-state index in [0.29, 0.717) is 0 Å². The summed E-state index contributed by atoms with van der Waals surface area (Å²) >= 11 is 1.90. The van der Waals surface area contributed by atoms with Crippen molar-refractivity contribution in [2.45, 2.75) is 38.1 Å². The van der Waals surface area contributed by atoms with Crippen molar-refractivity contribution in [3.05, 3.63) is 34.8 Å². The Morgan fingerprint density at radius 1 is 1.09 bits per heavy atom. The summed E-state index contributed by atoms with van der Waals surface area (Å²) in [6.45, 7) is 2.42. The van der Waals surface area contributed by atoms with Crippen molar-refractivity contribution in [3.8, 4) is 10.6 Å². The predicted octanol–water partition coefficient (Wildman–Crippen LogP) is 3.83. The normalized spacial score (nSPS) is 19.0. The Balaban J connectivity index is 1.51. The third-order valence-electron chi connectivity index (χ3n) is 5.26. The van der Waals surface area contributed by atoms with Gasteiger partial charge in [-0.05, 0) is 43.5 Å². The smallest absolute Gasteiger partial charge is 0.123 e. The van der Waals surface area contributed by atoms with E-state index in [2.05, 4.69) is 48.2 Å². The standard InChI is InChI=1S/C19H25N3S/c1-21(2)15-8-6-14(7-9-15)19-20-17-10-12-22(16-4-3-5-16)13-11-18(17)23-19/h6-9,16H,3-5,10-13H2,1-2H3. The molecule has 0 amide bonds. The number of thiazole rings is 1. The zero-order valence-electron chi connectivity index (χ0n) is 14.1. The molecule has 2 aromatic rings. The highest BCUT2D eigenvalue weighted by Crippen LogP contribution is 2.33. The molecule has 1 aliphatic carbocycles. The van der Waals surface area contributed by atoms with Crippen LogP contribution in [0.25, 0.3) is 10.6 Å². The minimum atomic E-state index is 0.863. The third-order valence-corrected chi connectivity index (χ3v) is 6.47. The molecule has 2 aliphatic rings. The van der Waals surface area contributed by atoms with E-state index in [1.165, 1.54) is 65.6 Å². The van der Waals surface area contributed by atoms with Gasteiger partial charge in [-0.2, -0.15) is 0 Å². The van der Waals surface area contributed by atoms with Gasteiger partial charge in [0.15, 0.2) is 0 Å². The zero-order chi connectivity index (χ0) is 15.8. The number of benzene rings is 1. The van der Waals surface area contributed by atoms with Gasteiger partial charge in [0.05, 0.1) is 5.69 Å². The van der Waals surface area contributed by atoms with E-state index in [1.807, 2.05) is 11.3 Å². The summed E-state index contributed by atoms with van der Waals surface area (Å²) in [5.74, 6) is 0. The van der Waals surface area contributed by atoms with Crippen LogP contribution in [-0.4, -0.2) is 43.1 Å². The highest BCUT2D eigenvalue weighted by molar-refractivity contribution is 7.15. The van der Waals surface area contributed by atoms with E-state index < -0.39 is 0 Å². The van der Waals surface area contributed by atoms with Gasteiger partial charge in [-0.3, -0.25) is 4.90 Å². The number of hydrogen-bond donors (Lipinski definition) is 0. The summed E-state index contributed by atoms with van der Waals surface area (Å²) in [6, 6.07) is 9.63. The molecule has 1 aromatic carbocycles. The van der Waals surface area contributed by atoms with Crippen LogP contribution in [0.4, 0.5) is 5.69 Å². The number of fused-ring (bicyclic) bond motifs is 1. The molecule has 1 aliphatic heterocycles. The summed E-state index contributed by atoms with van der Waals surface area (Å²) < 4.78 is 0. The van der Waals surface area contributed by atoms with E-state index in [-0.39, 0.29) is 0 Å². The minimum Gasteiger partial charge on any atom is -0.378 e. The Morgan fingerprint density at radius 2 is 1.83 bits per heavy atom. The first-order valence-electron chi connectivity index (χ1n) is 8.71. The molecular weight excluding hydrogens is 302 g/mol. The lowest BCUT2D eigenvalue weighted by Gasteiger charge is -2.36. The maximum atomic E-state index is 4.97. The highest BCUT2D eigenvalue weighted by Gasteiger charge is 2.27. The number of rotatable bonds is 3. The maximum absolute atomic E-state index is 4.97. The first-order valence-corrected chi connectivity index (χ1v) is 9.53. The van der Waals surface area contributed by atoms with Gasteiger partial charge in [-0.15, -0.1) is 11.3 Å². The van der Waals surface area contributed by atoms with E-state index in [9.17, 15) is 0 Å². The molecule has 0 N–H and O–H groups in total. The first kappa shape index (κ1) is 15.2. The molecule has 1 aromatic heterocycles. The molecule has 1 saturated carbocycles. The van der Waals surface area contributed by atoms with Crippen molar-refractivity contribution in [2.75, 3.05) is 32.1 Å². The number of anilines is 1. The molecule has 1 fully saturated rings. The third kappa shape index (κ3) is 3.02. The molecule has 4 heteroatoms. The van der Waals surface area contributed by atoms with Gasteiger partial charge in [0.1, 0.15) is 5.01 Å². The Hall–Kier alpha value is -1.39. The topological polar surface area (TPSA) is 19.4 Å². The fourth-order valence-electron chi connectivity index (χ4n) is 3.52. The fourth-order valence-corrected chi connectivity index (χ4v) is 4.63. The maximum Gasteiger partial charge on any atom is 0.123 e. The van der Waals surface area contributed by atoms with E-state index in [1.54, 1.807) is 0 Å². The summed E-state index contributed by atoms with van der Waals surface area (Å²) in [7, 11) is 4.16. The van der Waals surface area contributed by atoms with Crippen LogP contribution in [-0.2, 0) is 12.8 Å².